The molecule has 24 heavy (non-hydrogen) atoms. The third-order valence-corrected chi connectivity index (χ3v) is 3.85. The summed E-state index contributed by atoms with van der Waals surface area (Å²) in [5.41, 5.74) is 1.85. The van der Waals surface area contributed by atoms with E-state index < -0.39 is 0 Å². The van der Waals surface area contributed by atoms with Crippen LogP contribution in [0.5, 0.6) is 0 Å². The van der Waals surface area contributed by atoms with Crippen molar-refractivity contribution in [3.63, 3.8) is 0 Å². The van der Waals surface area contributed by atoms with Crippen LogP contribution in [0.4, 0.5) is 0 Å². The molecule has 5 nitrogen and oxygen atoms in total. The van der Waals surface area contributed by atoms with Gasteiger partial charge in [-0.05, 0) is 25.0 Å². The Morgan fingerprint density at radius 2 is 1.83 bits per heavy atom. The molecule has 0 saturated heterocycles. The average Bonchev–Trinajstić information content (AvgIpc) is 2.61. The number of benzene rings is 1. The van der Waals surface area contributed by atoms with Crippen LogP contribution in [0.15, 0.2) is 48.8 Å². The zero-order valence-corrected chi connectivity index (χ0v) is 14.3. The number of amides is 2. The van der Waals surface area contributed by atoms with E-state index >= 15 is 0 Å². The Balaban J connectivity index is 2.09. The number of hydrogen-bond donors (Lipinski definition) is 1. The summed E-state index contributed by atoms with van der Waals surface area (Å²) in [5, 5.41) is 2.88. The van der Waals surface area contributed by atoms with E-state index in [2.05, 4.69) is 10.3 Å². The van der Waals surface area contributed by atoms with Crippen LogP contribution in [0.1, 0.15) is 46.5 Å². The van der Waals surface area contributed by atoms with Crippen molar-refractivity contribution < 1.29 is 9.59 Å². The molecule has 2 rings (SSSR count). The highest BCUT2D eigenvalue weighted by Gasteiger charge is 2.16. The predicted molar refractivity (Wildman–Crippen MR) is 93.7 cm³/mol. The van der Waals surface area contributed by atoms with Crippen LogP contribution in [-0.4, -0.2) is 34.8 Å². The monoisotopic (exact) mass is 325 g/mol. The highest BCUT2D eigenvalue weighted by Crippen LogP contribution is 2.10. The van der Waals surface area contributed by atoms with E-state index in [1.54, 1.807) is 18.0 Å². The minimum Gasteiger partial charge on any atom is -0.350 e. The number of carbonyl (C=O) groups excluding carboxylic acids is 2. The molecular formula is C19H23N3O2. The molecule has 1 aromatic heterocycles. The van der Waals surface area contributed by atoms with E-state index in [1.807, 2.05) is 44.2 Å². The number of carbonyl (C=O) groups is 2. The van der Waals surface area contributed by atoms with Gasteiger partial charge in [0.25, 0.3) is 11.8 Å². The van der Waals surface area contributed by atoms with E-state index in [0.29, 0.717) is 17.7 Å². The Morgan fingerprint density at radius 3 is 2.50 bits per heavy atom. The van der Waals surface area contributed by atoms with Gasteiger partial charge in [0.15, 0.2) is 0 Å². The van der Waals surface area contributed by atoms with Gasteiger partial charge in [0.1, 0.15) is 0 Å². The molecular weight excluding hydrogens is 302 g/mol. The number of nitrogens with one attached hydrogen (secondary N) is 1. The van der Waals surface area contributed by atoms with Gasteiger partial charge in [-0.15, -0.1) is 0 Å². The lowest BCUT2D eigenvalue weighted by atomic mass is 10.1. The second-order valence-corrected chi connectivity index (χ2v) is 5.89. The summed E-state index contributed by atoms with van der Waals surface area (Å²) in [6, 6.07) is 11.4. The molecule has 1 N–H and O–H groups in total. The third kappa shape index (κ3) is 4.65. The molecule has 0 aliphatic rings. The van der Waals surface area contributed by atoms with Crippen LogP contribution in [-0.2, 0) is 6.54 Å². The van der Waals surface area contributed by atoms with Gasteiger partial charge in [-0.25, -0.2) is 0 Å². The first-order chi connectivity index (χ1) is 11.5. The van der Waals surface area contributed by atoms with Gasteiger partial charge >= 0.3 is 0 Å². The molecule has 1 unspecified atom stereocenters. The van der Waals surface area contributed by atoms with E-state index in [0.717, 1.165) is 12.0 Å². The summed E-state index contributed by atoms with van der Waals surface area (Å²) in [6.07, 6.45) is 3.81. The van der Waals surface area contributed by atoms with Gasteiger partial charge in [-0.2, -0.15) is 0 Å². The molecule has 0 bridgehead atoms. The van der Waals surface area contributed by atoms with Crippen molar-refractivity contribution in [2.24, 2.45) is 0 Å². The van der Waals surface area contributed by atoms with Gasteiger partial charge in [0.2, 0.25) is 0 Å². The topological polar surface area (TPSA) is 62.3 Å². The maximum atomic E-state index is 12.6. The van der Waals surface area contributed by atoms with Crippen LogP contribution in [0, 0.1) is 0 Å². The van der Waals surface area contributed by atoms with Gasteiger partial charge in [0, 0.05) is 32.0 Å². The Bertz CT molecular complexity index is 701. The fourth-order valence-electron chi connectivity index (χ4n) is 2.24. The number of rotatable bonds is 6. The molecule has 1 aromatic carbocycles. The van der Waals surface area contributed by atoms with Crippen LogP contribution in [0.2, 0.25) is 0 Å². The SMILES string of the molecule is CCC(C)NC(=O)c1cncc(C(=O)N(C)Cc2ccccc2)c1. The van der Waals surface area contributed by atoms with Crippen LogP contribution < -0.4 is 5.32 Å². The number of aromatic nitrogens is 1. The van der Waals surface area contributed by atoms with Gasteiger partial charge in [0.05, 0.1) is 11.1 Å². The van der Waals surface area contributed by atoms with Crippen LogP contribution >= 0.6 is 0 Å². The molecule has 0 spiro atoms. The fourth-order valence-corrected chi connectivity index (χ4v) is 2.24. The maximum absolute atomic E-state index is 12.6. The van der Waals surface area contributed by atoms with Crippen molar-refractivity contribution in [2.75, 3.05) is 7.05 Å². The van der Waals surface area contributed by atoms with Gasteiger partial charge in [-0.1, -0.05) is 37.3 Å². The second-order valence-electron chi connectivity index (χ2n) is 5.89. The fraction of sp³-hybridized carbons (Fsp3) is 0.316. The normalized spacial score (nSPS) is 11.6. The van der Waals surface area contributed by atoms with E-state index in [1.165, 1.54) is 12.4 Å². The first-order valence-corrected chi connectivity index (χ1v) is 8.06. The van der Waals surface area contributed by atoms with Crippen molar-refractivity contribution in [2.45, 2.75) is 32.9 Å². The quantitative estimate of drug-likeness (QED) is 0.888. The molecule has 1 heterocycles. The Labute approximate surface area is 142 Å². The van der Waals surface area contributed by atoms with Crippen molar-refractivity contribution in [3.8, 4) is 0 Å². The standard InChI is InChI=1S/C19H23N3O2/c1-4-14(2)21-18(23)16-10-17(12-20-11-16)19(24)22(3)13-15-8-6-5-7-9-15/h5-12,14H,4,13H2,1-3H3,(H,21,23). The zero-order chi connectivity index (χ0) is 17.5. The maximum Gasteiger partial charge on any atom is 0.255 e. The summed E-state index contributed by atoms with van der Waals surface area (Å²) < 4.78 is 0. The Hall–Kier alpha value is -2.69. The minimum absolute atomic E-state index is 0.0811. The first kappa shape index (κ1) is 17.7. The van der Waals surface area contributed by atoms with Crippen LogP contribution in [0.25, 0.3) is 0 Å². The molecule has 2 aromatic rings. The lowest BCUT2D eigenvalue weighted by Crippen LogP contribution is -2.32. The number of hydrogen-bond acceptors (Lipinski definition) is 3. The van der Waals surface area contributed by atoms with E-state index in [-0.39, 0.29) is 17.9 Å². The lowest BCUT2D eigenvalue weighted by Gasteiger charge is -2.17. The highest BCUT2D eigenvalue weighted by atomic mass is 16.2. The summed E-state index contributed by atoms with van der Waals surface area (Å²) >= 11 is 0. The lowest BCUT2D eigenvalue weighted by molar-refractivity contribution is 0.0784. The molecule has 0 saturated carbocycles. The van der Waals surface area contributed by atoms with Crippen molar-refractivity contribution >= 4 is 11.8 Å². The molecule has 0 aliphatic heterocycles. The summed E-state index contributed by atoms with van der Waals surface area (Å²) in [4.78, 5) is 30.4. The third-order valence-electron chi connectivity index (χ3n) is 3.85. The summed E-state index contributed by atoms with van der Waals surface area (Å²) in [5.74, 6) is -0.373. The molecule has 0 aliphatic carbocycles. The molecule has 0 radical (unpaired) electrons. The zero-order valence-electron chi connectivity index (χ0n) is 14.3. The smallest absolute Gasteiger partial charge is 0.255 e. The van der Waals surface area contributed by atoms with Gasteiger partial charge < -0.3 is 10.2 Å². The molecule has 0 fully saturated rings. The van der Waals surface area contributed by atoms with Crippen molar-refractivity contribution in [3.05, 3.63) is 65.5 Å². The van der Waals surface area contributed by atoms with Gasteiger partial charge in [-0.3, -0.25) is 14.6 Å². The number of nitrogens with zero attached hydrogens (tertiary/aromatic N) is 2. The average molecular weight is 325 g/mol. The molecule has 1 atom stereocenters. The predicted octanol–water partition coefficient (Wildman–Crippen LogP) is 2.88. The van der Waals surface area contributed by atoms with Crippen LogP contribution in [0.3, 0.4) is 0 Å². The van der Waals surface area contributed by atoms with Crippen molar-refractivity contribution in [1.29, 1.82) is 0 Å². The Kier molecular flexibility index (Phi) is 6.07. The molecule has 2 amide bonds. The largest absolute Gasteiger partial charge is 0.350 e. The van der Waals surface area contributed by atoms with Crippen molar-refractivity contribution in [1.82, 2.24) is 15.2 Å². The summed E-state index contributed by atoms with van der Waals surface area (Å²) in [7, 11) is 1.74. The molecule has 126 valence electrons. The highest BCUT2D eigenvalue weighted by molar-refractivity contribution is 5.99. The summed E-state index contributed by atoms with van der Waals surface area (Å²) in [6.45, 7) is 4.44. The second kappa shape index (κ2) is 8.24. The van der Waals surface area contributed by atoms with E-state index in [4.69, 9.17) is 0 Å². The first-order valence-electron chi connectivity index (χ1n) is 8.06. The Morgan fingerprint density at radius 1 is 1.17 bits per heavy atom. The number of pyridine rings is 1. The minimum atomic E-state index is -0.211. The molecule has 5 heteroatoms. The van der Waals surface area contributed by atoms with E-state index in [9.17, 15) is 9.59 Å².